The first-order chi connectivity index (χ1) is 9.24. The van der Waals surface area contributed by atoms with Gasteiger partial charge in [0.2, 0.25) is 5.91 Å². The van der Waals surface area contributed by atoms with Crippen molar-refractivity contribution in [1.29, 1.82) is 0 Å². The lowest BCUT2D eigenvalue weighted by atomic mass is 10.3. The number of benzene rings is 1. The quantitative estimate of drug-likeness (QED) is 0.863. The predicted octanol–water partition coefficient (Wildman–Crippen LogP) is 2.07. The first-order valence-electron chi connectivity index (χ1n) is 6.11. The molecule has 1 aromatic carbocycles. The summed E-state index contributed by atoms with van der Waals surface area (Å²) in [5.74, 6) is 1.43. The molecule has 5 nitrogen and oxygen atoms in total. The Hall–Kier alpha value is -2.30. The topological polar surface area (TPSA) is 64.4 Å². The van der Waals surface area contributed by atoms with E-state index in [4.69, 9.17) is 9.26 Å². The Morgan fingerprint density at radius 3 is 2.84 bits per heavy atom. The zero-order valence-corrected chi connectivity index (χ0v) is 10.8. The molecule has 0 aliphatic rings. The molecule has 1 N–H and O–H groups in total. The lowest BCUT2D eigenvalue weighted by Gasteiger charge is -2.06. The predicted molar refractivity (Wildman–Crippen MR) is 69.6 cm³/mol. The SMILES string of the molecule is Cc1cc(CNC(=O)CCOc2ccccc2)no1. The summed E-state index contributed by atoms with van der Waals surface area (Å²) in [4.78, 5) is 11.6. The second-order valence-electron chi connectivity index (χ2n) is 4.12. The number of para-hydroxylation sites is 1. The van der Waals surface area contributed by atoms with Crippen LogP contribution < -0.4 is 10.1 Å². The molecular formula is C14H16N2O3. The Labute approximate surface area is 111 Å². The molecule has 0 spiro atoms. The van der Waals surface area contributed by atoms with E-state index in [0.717, 1.165) is 17.2 Å². The van der Waals surface area contributed by atoms with Crippen molar-refractivity contribution < 1.29 is 14.1 Å². The van der Waals surface area contributed by atoms with Gasteiger partial charge in [0, 0.05) is 6.07 Å². The number of amides is 1. The van der Waals surface area contributed by atoms with E-state index in [1.807, 2.05) is 37.3 Å². The molecule has 0 radical (unpaired) electrons. The molecule has 0 bridgehead atoms. The Bertz CT molecular complexity index is 522. The van der Waals surface area contributed by atoms with E-state index in [1.165, 1.54) is 0 Å². The summed E-state index contributed by atoms with van der Waals surface area (Å²) in [5.41, 5.74) is 0.717. The van der Waals surface area contributed by atoms with Crippen molar-refractivity contribution in [2.24, 2.45) is 0 Å². The number of aromatic nitrogens is 1. The van der Waals surface area contributed by atoms with Crippen molar-refractivity contribution in [1.82, 2.24) is 10.5 Å². The van der Waals surface area contributed by atoms with Crippen molar-refractivity contribution in [2.75, 3.05) is 6.61 Å². The summed E-state index contributed by atoms with van der Waals surface area (Å²) in [6.07, 6.45) is 0.311. The van der Waals surface area contributed by atoms with Gasteiger partial charge in [-0.25, -0.2) is 0 Å². The van der Waals surface area contributed by atoms with E-state index < -0.39 is 0 Å². The molecule has 2 rings (SSSR count). The second kappa shape index (κ2) is 6.58. The molecule has 2 aromatic rings. The van der Waals surface area contributed by atoms with Gasteiger partial charge in [0.05, 0.1) is 19.6 Å². The monoisotopic (exact) mass is 260 g/mol. The summed E-state index contributed by atoms with van der Waals surface area (Å²) in [5, 5.41) is 6.55. The van der Waals surface area contributed by atoms with E-state index >= 15 is 0 Å². The van der Waals surface area contributed by atoms with E-state index in [0.29, 0.717) is 19.6 Å². The van der Waals surface area contributed by atoms with Crippen LogP contribution in [-0.4, -0.2) is 17.7 Å². The second-order valence-corrected chi connectivity index (χ2v) is 4.12. The molecule has 0 unspecified atom stereocenters. The molecule has 100 valence electrons. The Morgan fingerprint density at radius 2 is 2.16 bits per heavy atom. The number of nitrogens with zero attached hydrogens (tertiary/aromatic N) is 1. The van der Waals surface area contributed by atoms with Crippen LogP contribution in [0.3, 0.4) is 0 Å². The van der Waals surface area contributed by atoms with Gasteiger partial charge < -0.3 is 14.6 Å². The molecular weight excluding hydrogens is 244 g/mol. The summed E-state index contributed by atoms with van der Waals surface area (Å²) < 4.78 is 10.3. The average Bonchev–Trinajstić information content (AvgIpc) is 2.83. The molecule has 19 heavy (non-hydrogen) atoms. The van der Waals surface area contributed by atoms with Crippen LogP contribution in [0.1, 0.15) is 17.9 Å². The smallest absolute Gasteiger partial charge is 0.223 e. The molecule has 0 atom stereocenters. The van der Waals surface area contributed by atoms with E-state index in [9.17, 15) is 4.79 Å². The molecule has 0 aliphatic heterocycles. The van der Waals surface area contributed by atoms with Gasteiger partial charge in [-0.3, -0.25) is 4.79 Å². The third-order valence-electron chi connectivity index (χ3n) is 2.48. The Morgan fingerprint density at radius 1 is 1.37 bits per heavy atom. The molecule has 1 heterocycles. The third kappa shape index (κ3) is 4.46. The number of nitrogens with one attached hydrogen (secondary N) is 1. The number of carbonyl (C=O) groups is 1. The van der Waals surface area contributed by atoms with E-state index in [-0.39, 0.29) is 5.91 Å². The van der Waals surface area contributed by atoms with Crippen LogP contribution in [0.15, 0.2) is 40.9 Å². The van der Waals surface area contributed by atoms with Gasteiger partial charge in [-0.2, -0.15) is 0 Å². The number of rotatable bonds is 6. The van der Waals surface area contributed by atoms with Crippen LogP contribution in [0.4, 0.5) is 0 Å². The molecule has 1 amide bonds. The Balaban J connectivity index is 1.65. The van der Waals surface area contributed by atoms with Crippen molar-refractivity contribution in [3.05, 3.63) is 47.9 Å². The highest BCUT2D eigenvalue weighted by molar-refractivity contribution is 5.75. The number of hydrogen-bond donors (Lipinski definition) is 1. The average molecular weight is 260 g/mol. The van der Waals surface area contributed by atoms with Crippen LogP contribution in [-0.2, 0) is 11.3 Å². The minimum Gasteiger partial charge on any atom is -0.493 e. The van der Waals surface area contributed by atoms with Gasteiger partial charge >= 0.3 is 0 Å². The largest absolute Gasteiger partial charge is 0.493 e. The van der Waals surface area contributed by atoms with Gasteiger partial charge in [0.15, 0.2) is 0 Å². The standard InChI is InChI=1S/C14H16N2O3/c1-11-9-12(16-19-11)10-15-14(17)7-8-18-13-5-3-2-4-6-13/h2-6,9H,7-8,10H2,1H3,(H,15,17). The summed E-state index contributed by atoms with van der Waals surface area (Å²) in [7, 11) is 0. The summed E-state index contributed by atoms with van der Waals surface area (Å²) in [6, 6.07) is 11.2. The fourth-order valence-electron chi connectivity index (χ4n) is 1.56. The van der Waals surface area contributed by atoms with Crippen LogP contribution in [0, 0.1) is 6.92 Å². The van der Waals surface area contributed by atoms with Crippen molar-refractivity contribution in [3.8, 4) is 5.75 Å². The van der Waals surface area contributed by atoms with Crippen LogP contribution in [0.2, 0.25) is 0 Å². The highest BCUT2D eigenvalue weighted by atomic mass is 16.5. The number of aryl methyl sites for hydroxylation is 1. The lowest BCUT2D eigenvalue weighted by molar-refractivity contribution is -0.121. The molecule has 0 saturated carbocycles. The molecule has 5 heteroatoms. The maximum Gasteiger partial charge on any atom is 0.223 e. The number of hydrogen-bond acceptors (Lipinski definition) is 4. The van der Waals surface area contributed by atoms with Crippen LogP contribution in [0.5, 0.6) is 5.75 Å². The van der Waals surface area contributed by atoms with E-state index in [1.54, 1.807) is 6.07 Å². The maximum atomic E-state index is 11.6. The van der Waals surface area contributed by atoms with Gasteiger partial charge in [0.1, 0.15) is 17.2 Å². The summed E-state index contributed by atoms with van der Waals surface area (Å²) >= 11 is 0. The minimum atomic E-state index is -0.0726. The zero-order valence-electron chi connectivity index (χ0n) is 10.8. The lowest BCUT2D eigenvalue weighted by Crippen LogP contribution is -2.24. The molecule has 0 aliphatic carbocycles. The molecule has 0 saturated heterocycles. The normalized spacial score (nSPS) is 10.2. The fourth-order valence-corrected chi connectivity index (χ4v) is 1.56. The summed E-state index contributed by atoms with van der Waals surface area (Å²) in [6.45, 7) is 2.54. The Kier molecular flexibility index (Phi) is 4.55. The highest BCUT2D eigenvalue weighted by Crippen LogP contribution is 2.08. The molecule has 1 aromatic heterocycles. The number of carbonyl (C=O) groups excluding carboxylic acids is 1. The van der Waals surface area contributed by atoms with Gasteiger partial charge in [-0.1, -0.05) is 23.4 Å². The minimum absolute atomic E-state index is 0.0726. The van der Waals surface area contributed by atoms with Gasteiger partial charge in [-0.15, -0.1) is 0 Å². The van der Waals surface area contributed by atoms with Crippen LogP contribution >= 0.6 is 0 Å². The zero-order chi connectivity index (χ0) is 13.5. The van der Waals surface area contributed by atoms with Crippen molar-refractivity contribution >= 4 is 5.91 Å². The first kappa shape index (κ1) is 13.1. The maximum absolute atomic E-state index is 11.6. The first-order valence-corrected chi connectivity index (χ1v) is 6.11. The van der Waals surface area contributed by atoms with Gasteiger partial charge in [0.25, 0.3) is 0 Å². The molecule has 0 fully saturated rings. The fraction of sp³-hybridized carbons (Fsp3) is 0.286. The number of ether oxygens (including phenoxy) is 1. The van der Waals surface area contributed by atoms with Crippen molar-refractivity contribution in [2.45, 2.75) is 19.9 Å². The van der Waals surface area contributed by atoms with Crippen LogP contribution in [0.25, 0.3) is 0 Å². The van der Waals surface area contributed by atoms with E-state index in [2.05, 4.69) is 10.5 Å². The third-order valence-corrected chi connectivity index (χ3v) is 2.48. The van der Waals surface area contributed by atoms with Gasteiger partial charge in [-0.05, 0) is 19.1 Å². The van der Waals surface area contributed by atoms with Crippen molar-refractivity contribution in [3.63, 3.8) is 0 Å². The highest BCUT2D eigenvalue weighted by Gasteiger charge is 2.04.